The lowest BCUT2D eigenvalue weighted by Gasteiger charge is -2.31. The highest BCUT2D eigenvalue weighted by Gasteiger charge is 2.42. The fraction of sp³-hybridized carbons (Fsp3) is 0.409. The number of sulfonamides is 1. The number of rotatable bonds is 5. The molecule has 0 saturated heterocycles. The minimum absolute atomic E-state index is 0.0885. The summed E-state index contributed by atoms with van der Waals surface area (Å²) in [4.78, 5) is 12.6. The Morgan fingerprint density at radius 1 is 1.00 bits per heavy atom. The Labute approximate surface area is 180 Å². The summed E-state index contributed by atoms with van der Waals surface area (Å²) in [7, 11) is -3.79. The summed E-state index contributed by atoms with van der Waals surface area (Å²) < 4.78 is 66.5. The minimum Gasteiger partial charge on any atom is -0.349 e. The maximum Gasteiger partial charge on any atom is 0.391 e. The van der Waals surface area contributed by atoms with Crippen LogP contribution in [0.25, 0.3) is 0 Å². The molecule has 2 atom stereocenters. The summed E-state index contributed by atoms with van der Waals surface area (Å²) in [5.74, 6) is -1.87. The predicted octanol–water partition coefficient (Wildman–Crippen LogP) is 4.96. The molecule has 0 aliphatic heterocycles. The molecular weight excluding hydrogens is 429 g/mol. The molecular formula is C22H25F3N2O3S. The maximum atomic E-state index is 13.0. The van der Waals surface area contributed by atoms with E-state index in [1.165, 1.54) is 30.3 Å². The molecule has 9 heteroatoms. The number of hydrogen-bond donors (Lipinski definition) is 2. The van der Waals surface area contributed by atoms with Crippen LogP contribution in [-0.4, -0.2) is 26.5 Å². The Kier molecular flexibility index (Phi) is 6.64. The predicted molar refractivity (Wildman–Crippen MR) is 112 cm³/mol. The second kappa shape index (κ2) is 8.90. The van der Waals surface area contributed by atoms with Crippen molar-refractivity contribution in [3.63, 3.8) is 0 Å². The first-order chi connectivity index (χ1) is 14.5. The molecule has 1 saturated carbocycles. The van der Waals surface area contributed by atoms with E-state index in [0.29, 0.717) is 12.8 Å². The van der Waals surface area contributed by atoms with E-state index in [1.807, 2.05) is 13.8 Å². The van der Waals surface area contributed by atoms with Gasteiger partial charge in [0.05, 0.1) is 10.8 Å². The Balaban J connectivity index is 1.64. The molecule has 3 rings (SSSR count). The molecule has 1 amide bonds. The number of alkyl halides is 3. The number of halogens is 3. The van der Waals surface area contributed by atoms with E-state index >= 15 is 0 Å². The molecule has 0 bridgehead atoms. The van der Waals surface area contributed by atoms with Crippen LogP contribution in [0, 0.1) is 19.8 Å². The average Bonchev–Trinajstić information content (AvgIpc) is 2.69. The van der Waals surface area contributed by atoms with Crippen molar-refractivity contribution in [3.05, 3.63) is 59.2 Å². The Bertz CT molecular complexity index is 1050. The Morgan fingerprint density at radius 3 is 2.29 bits per heavy atom. The highest BCUT2D eigenvalue weighted by Crippen LogP contribution is 2.37. The molecule has 1 fully saturated rings. The van der Waals surface area contributed by atoms with Crippen LogP contribution in [0.1, 0.15) is 47.2 Å². The van der Waals surface area contributed by atoms with Gasteiger partial charge < -0.3 is 5.32 Å². The summed E-state index contributed by atoms with van der Waals surface area (Å²) in [6, 6.07) is 10.1. The van der Waals surface area contributed by atoms with Crippen LogP contribution in [0.2, 0.25) is 0 Å². The smallest absolute Gasteiger partial charge is 0.349 e. The summed E-state index contributed by atoms with van der Waals surface area (Å²) >= 11 is 0. The van der Waals surface area contributed by atoms with Crippen LogP contribution in [0.4, 0.5) is 18.9 Å². The van der Waals surface area contributed by atoms with Crippen LogP contribution in [0.5, 0.6) is 0 Å². The van der Waals surface area contributed by atoms with E-state index in [0.717, 1.165) is 11.1 Å². The molecule has 1 aliphatic rings. The standard InChI is InChI=1S/C22H25F3N2O3S/c1-14-6-11-20(12-15(14)2)31(29,30)27-18-9-7-16(8-10-18)21(28)26-19-5-3-4-17(13-19)22(23,24)25/h6-12,17,19,27H,3-5,13H2,1-2H3,(H,26,28). The number of anilines is 1. The molecule has 0 heterocycles. The van der Waals surface area contributed by atoms with E-state index in [9.17, 15) is 26.4 Å². The van der Waals surface area contributed by atoms with Gasteiger partial charge in [-0.3, -0.25) is 9.52 Å². The number of carbonyl (C=O) groups is 1. The molecule has 0 spiro atoms. The van der Waals surface area contributed by atoms with Crippen molar-refractivity contribution in [1.82, 2.24) is 5.32 Å². The quantitative estimate of drug-likeness (QED) is 0.671. The minimum atomic E-state index is -4.25. The van der Waals surface area contributed by atoms with Crippen LogP contribution in [-0.2, 0) is 10.0 Å². The van der Waals surface area contributed by atoms with Gasteiger partial charge in [0.1, 0.15) is 0 Å². The molecule has 2 unspecified atom stereocenters. The van der Waals surface area contributed by atoms with Gasteiger partial charge in [0, 0.05) is 17.3 Å². The summed E-state index contributed by atoms with van der Waals surface area (Å²) in [5.41, 5.74) is 2.37. The van der Waals surface area contributed by atoms with E-state index in [-0.39, 0.29) is 29.0 Å². The lowest BCUT2D eigenvalue weighted by Crippen LogP contribution is -2.41. The first kappa shape index (κ1) is 23.1. The van der Waals surface area contributed by atoms with Gasteiger partial charge in [0.25, 0.3) is 15.9 Å². The Morgan fingerprint density at radius 2 is 1.68 bits per heavy atom. The molecule has 0 aromatic heterocycles. The van der Waals surface area contributed by atoms with Crippen LogP contribution in [0.3, 0.4) is 0 Å². The van der Waals surface area contributed by atoms with Crippen LogP contribution in [0.15, 0.2) is 47.4 Å². The summed E-state index contributed by atoms with van der Waals surface area (Å²) in [5, 5.41) is 2.66. The monoisotopic (exact) mass is 454 g/mol. The van der Waals surface area contributed by atoms with Gasteiger partial charge in [-0.15, -0.1) is 0 Å². The van der Waals surface area contributed by atoms with Crippen molar-refractivity contribution in [2.45, 2.75) is 56.6 Å². The van der Waals surface area contributed by atoms with Crippen molar-refractivity contribution in [2.75, 3.05) is 4.72 Å². The van der Waals surface area contributed by atoms with Crippen molar-refractivity contribution in [1.29, 1.82) is 0 Å². The fourth-order valence-electron chi connectivity index (χ4n) is 3.67. The average molecular weight is 455 g/mol. The molecule has 5 nitrogen and oxygen atoms in total. The third-order valence-corrected chi connectivity index (χ3v) is 7.04. The molecule has 1 aliphatic carbocycles. The second-order valence-electron chi connectivity index (χ2n) is 8.00. The largest absolute Gasteiger partial charge is 0.391 e. The van der Waals surface area contributed by atoms with Gasteiger partial charge in [-0.2, -0.15) is 13.2 Å². The number of amides is 1. The molecule has 2 aromatic carbocycles. The number of carbonyl (C=O) groups excluding carboxylic acids is 1. The van der Waals surface area contributed by atoms with E-state index in [2.05, 4.69) is 10.0 Å². The maximum absolute atomic E-state index is 13.0. The number of hydrogen-bond acceptors (Lipinski definition) is 3. The van der Waals surface area contributed by atoms with Crippen molar-refractivity contribution < 1.29 is 26.4 Å². The lowest BCUT2D eigenvalue weighted by molar-refractivity contribution is -0.183. The highest BCUT2D eigenvalue weighted by atomic mass is 32.2. The molecule has 2 N–H and O–H groups in total. The zero-order chi connectivity index (χ0) is 22.8. The van der Waals surface area contributed by atoms with Crippen molar-refractivity contribution in [3.8, 4) is 0 Å². The highest BCUT2D eigenvalue weighted by molar-refractivity contribution is 7.92. The van der Waals surface area contributed by atoms with Crippen LogP contribution >= 0.6 is 0 Å². The van der Waals surface area contributed by atoms with Gasteiger partial charge in [-0.25, -0.2) is 8.42 Å². The number of benzene rings is 2. The first-order valence-corrected chi connectivity index (χ1v) is 11.5. The second-order valence-corrected chi connectivity index (χ2v) is 9.69. The van der Waals surface area contributed by atoms with Crippen molar-refractivity contribution in [2.24, 2.45) is 5.92 Å². The van der Waals surface area contributed by atoms with E-state index in [4.69, 9.17) is 0 Å². The van der Waals surface area contributed by atoms with Crippen molar-refractivity contribution >= 4 is 21.6 Å². The van der Waals surface area contributed by atoms with E-state index in [1.54, 1.807) is 12.1 Å². The van der Waals surface area contributed by atoms with Gasteiger partial charge in [0.2, 0.25) is 0 Å². The van der Waals surface area contributed by atoms with Gasteiger partial charge in [-0.1, -0.05) is 12.5 Å². The third kappa shape index (κ3) is 5.78. The molecule has 31 heavy (non-hydrogen) atoms. The lowest BCUT2D eigenvalue weighted by atomic mass is 9.85. The number of nitrogens with one attached hydrogen (secondary N) is 2. The molecule has 0 radical (unpaired) electrons. The third-order valence-electron chi connectivity index (χ3n) is 5.66. The summed E-state index contributed by atoms with van der Waals surface area (Å²) in [6.45, 7) is 3.71. The van der Waals surface area contributed by atoms with Gasteiger partial charge in [0.15, 0.2) is 0 Å². The van der Waals surface area contributed by atoms with Gasteiger partial charge in [-0.05, 0) is 80.6 Å². The molecule has 168 valence electrons. The fourth-order valence-corrected chi connectivity index (χ4v) is 4.82. The van der Waals surface area contributed by atoms with Gasteiger partial charge >= 0.3 is 6.18 Å². The Hall–Kier alpha value is -2.55. The zero-order valence-corrected chi connectivity index (χ0v) is 18.1. The van der Waals surface area contributed by atoms with E-state index < -0.39 is 34.1 Å². The van der Waals surface area contributed by atoms with Crippen LogP contribution < -0.4 is 10.0 Å². The first-order valence-electron chi connectivity index (χ1n) is 10.0. The molecule has 2 aromatic rings. The topological polar surface area (TPSA) is 75.3 Å². The SMILES string of the molecule is Cc1ccc(S(=O)(=O)Nc2ccc(C(=O)NC3CCCC(C(F)(F)F)C3)cc2)cc1C. The normalized spacial score (nSPS) is 19.6. The number of aryl methyl sites for hydroxylation is 2. The zero-order valence-electron chi connectivity index (χ0n) is 17.3. The summed E-state index contributed by atoms with van der Waals surface area (Å²) in [6.07, 6.45) is -3.37.